The van der Waals surface area contributed by atoms with Gasteiger partial charge in [-0.15, -0.1) is 0 Å². The molecule has 1 aliphatic rings. The molecule has 20 heteroatoms. The lowest BCUT2D eigenvalue weighted by Gasteiger charge is -2.36. The highest BCUT2D eigenvalue weighted by atomic mass is 35.5. The van der Waals surface area contributed by atoms with Crippen molar-refractivity contribution in [3.05, 3.63) is 124 Å². The molecule has 9 rings (SSSR count). The number of nitriles is 1. The van der Waals surface area contributed by atoms with Crippen molar-refractivity contribution in [1.82, 2.24) is 49.5 Å². The number of hydrogen-bond donors (Lipinski definition) is 3. The van der Waals surface area contributed by atoms with Crippen LogP contribution in [0.3, 0.4) is 0 Å². The monoisotopic (exact) mass is 892 g/mol. The molecule has 8 aromatic rings. The molecule has 3 N–H and O–H groups in total. The van der Waals surface area contributed by atoms with E-state index >= 15 is 0 Å². The van der Waals surface area contributed by atoms with Crippen molar-refractivity contribution in [3.8, 4) is 17.4 Å². The number of methoxy groups -OCH3 is 1. The van der Waals surface area contributed by atoms with E-state index in [1.807, 2.05) is 50.2 Å². The third-order valence-corrected chi connectivity index (χ3v) is 10.9. The minimum atomic E-state index is -0.652. The first-order chi connectivity index (χ1) is 29.9. The van der Waals surface area contributed by atoms with Crippen LogP contribution in [0.1, 0.15) is 36.6 Å². The Hall–Kier alpha value is -6.55. The first kappa shape index (κ1) is 42.2. The first-order valence-electron chi connectivity index (χ1n) is 19.0. The Bertz CT molecular complexity index is 2930. The lowest BCUT2D eigenvalue weighted by molar-refractivity contribution is 0.0350. The minimum absolute atomic E-state index is 0.0538. The van der Waals surface area contributed by atoms with Crippen molar-refractivity contribution in [2.75, 3.05) is 35.7 Å². The molecule has 7 heterocycles. The molecule has 0 bridgehead atoms. The van der Waals surface area contributed by atoms with Crippen LogP contribution in [0, 0.1) is 24.1 Å². The molecule has 2 aromatic carbocycles. The summed E-state index contributed by atoms with van der Waals surface area (Å²) < 4.78 is 23.0. The number of anilines is 5. The van der Waals surface area contributed by atoms with E-state index in [1.54, 1.807) is 42.6 Å². The number of rotatable bonds is 9. The molecule has 0 radical (unpaired) electrons. The summed E-state index contributed by atoms with van der Waals surface area (Å²) in [7, 11) is 1.62. The van der Waals surface area contributed by atoms with Crippen LogP contribution in [0.2, 0.25) is 15.1 Å². The molecular weight excluding hydrogens is 858 g/mol. The van der Waals surface area contributed by atoms with Gasteiger partial charge in [0.2, 0.25) is 0 Å². The minimum Gasteiger partial charge on any atom is -0.390 e. The molecule has 0 atom stereocenters. The number of piperidine rings is 1. The van der Waals surface area contributed by atoms with E-state index in [4.69, 9.17) is 44.8 Å². The second kappa shape index (κ2) is 17.8. The summed E-state index contributed by atoms with van der Waals surface area (Å²) in [4.78, 5) is 27.9. The van der Waals surface area contributed by atoms with Crippen molar-refractivity contribution in [3.63, 3.8) is 0 Å². The number of aryl methyl sites for hydroxylation is 1. The fourth-order valence-corrected chi connectivity index (χ4v) is 7.81. The fraction of sp³-hybridized carbons (Fsp3) is 0.214. The van der Waals surface area contributed by atoms with E-state index in [2.05, 4.69) is 55.6 Å². The lowest BCUT2D eigenvalue weighted by atomic mass is 9.94. The predicted molar refractivity (Wildman–Crippen MR) is 236 cm³/mol. The van der Waals surface area contributed by atoms with Crippen molar-refractivity contribution in [2.24, 2.45) is 0 Å². The summed E-state index contributed by atoms with van der Waals surface area (Å²) in [5, 5.41) is 36.9. The van der Waals surface area contributed by atoms with Crippen LogP contribution >= 0.6 is 34.8 Å². The van der Waals surface area contributed by atoms with E-state index in [9.17, 15) is 9.50 Å². The molecular formula is C42H36Cl3FN14O2. The first-order valence-corrected chi connectivity index (χ1v) is 20.2. The maximum absolute atomic E-state index is 14.7. The number of benzene rings is 2. The normalized spacial score (nSPS) is 13.4. The zero-order valence-electron chi connectivity index (χ0n) is 33.4. The molecule has 6 aromatic heterocycles. The van der Waals surface area contributed by atoms with Gasteiger partial charge in [0.25, 0.3) is 0 Å². The van der Waals surface area contributed by atoms with Crippen molar-refractivity contribution < 1.29 is 14.2 Å². The molecule has 1 aliphatic heterocycles. The Morgan fingerprint density at radius 3 is 1.85 bits per heavy atom. The molecule has 0 aliphatic carbocycles. The Balaban J connectivity index is 0.000000174. The molecule has 0 unspecified atom stereocenters. The van der Waals surface area contributed by atoms with Gasteiger partial charge in [-0.3, -0.25) is 0 Å². The number of nitrogens with zero attached hydrogens (tertiary/aromatic N) is 12. The van der Waals surface area contributed by atoms with E-state index < -0.39 is 11.4 Å². The topological polar surface area (TPSA) is 194 Å². The van der Waals surface area contributed by atoms with Gasteiger partial charge in [0.05, 0.1) is 62.3 Å². The maximum Gasteiger partial charge on any atom is 0.151 e. The van der Waals surface area contributed by atoms with Crippen molar-refractivity contribution in [1.29, 1.82) is 5.26 Å². The van der Waals surface area contributed by atoms with Crippen LogP contribution in [0.25, 0.3) is 33.2 Å². The highest BCUT2D eigenvalue weighted by Crippen LogP contribution is 2.34. The molecule has 1 fully saturated rings. The number of aliphatic hydroxyl groups is 1. The highest BCUT2D eigenvalue weighted by molar-refractivity contribution is 6.38. The fourth-order valence-electron chi connectivity index (χ4n) is 6.83. The van der Waals surface area contributed by atoms with Gasteiger partial charge in [-0.2, -0.15) is 15.5 Å². The van der Waals surface area contributed by atoms with Gasteiger partial charge in [0.1, 0.15) is 53.1 Å². The molecule has 0 spiro atoms. The van der Waals surface area contributed by atoms with Crippen LogP contribution in [0.5, 0.6) is 0 Å². The van der Waals surface area contributed by atoms with Crippen LogP contribution in [-0.4, -0.2) is 80.4 Å². The smallest absolute Gasteiger partial charge is 0.151 e. The van der Waals surface area contributed by atoms with Gasteiger partial charge in [-0.1, -0.05) is 34.8 Å². The number of ether oxygens (including phenoxy) is 1. The Morgan fingerprint density at radius 1 is 0.742 bits per heavy atom. The summed E-state index contributed by atoms with van der Waals surface area (Å²) in [6, 6.07) is 15.3. The number of aromatic nitrogens is 10. The summed E-state index contributed by atoms with van der Waals surface area (Å²) >= 11 is 19.3. The molecule has 16 nitrogen and oxygen atoms in total. The maximum atomic E-state index is 14.7. The zero-order chi connectivity index (χ0) is 43.5. The van der Waals surface area contributed by atoms with E-state index in [0.29, 0.717) is 82.4 Å². The zero-order valence-corrected chi connectivity index (χ0v) is 35.6. The van der Waals surface area contributed by atoms with Gasteiger partial charge in [-0.25, -0.2) is 43.7 Å². The van der Waals surface area contributed by atoms with Crippen LogP contribution in [-0.2, 0) is 11.3 Å². The third kappa shape index (κ3) is 9.20. The van der Waals surface area contributed by atoms with Gasteiger partial charge in [0.15, 0.2) is 5.82 Å². The van der Waals surface area contributed by atoms with Crippen LogP contribution < -0.4 is 15.5 Å². The van der Waals surface area contributed by atoms with Crippen molar-refractivity contribution in [2.45, 2.75) is 38.9 Å². The van der Waals surface area contributed by atoms with Gasteiger partial charge >= 0.3 is 0 Å². The lowest BCUT2D eigenvalue weighted by Crippen LogP contribution is -2.42. The standard InChI is InChI=1S/C23H20ClFN8O.C19H16Cl2N6O/c1-23(34)2-4-32(5-3-23)21-9-20(28-13-29-21)31-19-8-18-15(11-27-19)12-30-33(18)22-16(24)6-14(10-26)7-17(22)25;1-11-3-17(24-10-23-11)26-18-6-16-13(7-22-18)8-25-27(16)19-14(20)4-12(9-28-2)5-15(19)21/h6-9,11-13,34H,2-5H2,1H3,(H,27,28,29,31);3-8,10H,9H2,1-2H3,(H,22,23,24,26). The number of hydrogen-bond acceptors (Lipinski definition) is 14. The van der Waals surface area contributed by atoms with E-state index in [-0.39, 0.29) is 16.3 Å². The molecule has 0 amide bonds. The summed E-state index contributed by atoms with van der Waals surface area (Å²) in [6.45, 7) is 5.57. The van der Waals surface area contributed by atoms with Crippen LogP contribution in [0.4, 0.5) is 33.5 Å². The average Bonchev–Trinajstić information content (AvgIpc) is 3.85. The van der Waals surface area contributed by atoms with E-state index in [0.717, 1.165) is 34.0 Å². The number of halogens is 4. The number of nitrogens with one attached hydrogen (secondary N) is 2. The third-order valence-electron chi connectivity index (χ3n) is 10.00. The van der Waals surface area contributed by atoms with Crippen molar-refractivity contribution >= 4 is 85.7 Å². The summed E-state index contributed by atoms with van der Waals surface area (Å²) in [6.07, 6.45) is 10.9. The average molecular weight is 894 g/mol. The van der Waals surface area contributed by atoms with Gasteiger partial charge in [-0.05, 0) is 56.5 Å². The molecule has 62 heavy (non-hydrogen) atoms. The molecule has 314 valence electrons. The summed E-state index contributed by atoms with van der Waals surface area (Å²) in [5.74, 6) is 2.40. The highest BCUT2D eigenvalue weighted by Gasteiger charge is 2.28. The number of fused-ring (bicyclic) bond motifs is 2. The van der Waals surface area contributed by atoms with Gasteiger partial charge in [0, 0.05) is 73.3 Å². The van der Waals surface area contributed by atoms with Crippen LogP contribution in [0.15, 0.2) is 86.0 Å². The SMILES string of the molecule is CC1(O)CCN(c2cc(Nc3cc4c(cn3)cnn4-c3c(F)cc(C#N)cc3Cl)ncn2)CC1.COCc1cc(Cl)c(-n2ncc3cnc(Nc4cc(C)ncn4)cc32)c(Cl)c1. The second-order valence-corrected chi connectivity index (χ2v) is 15.9. The largest absolute Gasteiger partial charge is 0.390 e. The molecule has 1 saturated heterocycles. The Labute approximate surface area is 368 Å². The summed E-state index contributed by atoms with van der Waals surface area (Å²) in [5.41, 5.74) is 3.28. The molecule has 0 saturated carbocycles. The second-order valence-electron chi connectivity index (χ2n) is 14.7. The van der Waals surface area contributed by atoms with Gasteiger partial charge < -0.3 is 25.4 Å². The van der Waals surface area contributed by atoms with E-state index in [1.165, 1.54) is 23.4 Å². The number of pyridine rings is 2. The quantitative estimate of drug-likeness (QED) is 0.125. The Kier molecular flexibility index (Phi) is 12.1. The Morgan fingerprint density at radius 2 is 1.29 bits per heavy atom. The predicted octanol–water partition coefficient (Wildman–Crippen LogP) is 8.69.